The fourth-order valence-electron chi connectivity index (χ4n) is 13.4. The molecular weight excluding hydrogens is 1500 g/mol. The second-order valence-corrected chi connectivity index (χ2v) is 31.9. The number of fused-ring (bicyclic) bond motifs is 7. The van der Waals surface area contributed by atoms with Gasteiger partial charge in [-0.25, -0.2) is 17.2 Å². The molecule has 2 aromatic heterocycles. The maximum atomic E-state index is 14.4. The molecule has 0 saturated heterocycles. The molecular formula is C79H58ClF2N7O18S3. The number of hydrogen-bond acceptors (Lipinski definition) is 20. The van der Waals surface area contributed by atoms with E-state index in [0.717, 1.165) is 25.8 Å². The molecule has 1 N–H and O–H groups in total. The van der Waals surface area contributed by atoms with Crippen molar-refractivity contribution in [1.82, 2.24) is 34.5 Å². The number of amides is 8. The van der Waals surface area contributed by atoms with E-state index in [2.05, 4.69) is 9.97 Å². The number of ether oxygens (including phenoxy) is 1. The molecule has 0 bridgehead atoms. The summed E-state index contributed by atoms with van der Waals surface area (Å²) in [4.78, 5) is 117. The van der Waals surface area contributed by atoms with E-state index in [1.807, 2.05) is 60.7 Å². The molecule has 0 unspecified atom stereocenters. The van der Waals surface area contributed by atoms with Crippen molar-refractivity contribution in [1.29, 1.82) is 0 Å². The first-order valence-electron chi connectivity index (χ1n) is 33.8. The summed E-state index contributed by atoms with van der Waals surface area (Å²) in [6.45, 7) is -1.10. The molecule has 8 amide bonds. The molecule has 556 valence electrons. The number of pyridine rings is 2. The zero-order valence-corrected chi connectivity index (χ0v) is 60.5. The quantitative estimate of drug-likeness (QED) is 0.0397. The van der Waals surface area contributed by atoms with Crippen LogP contribution in [-0.2, 0) is 55.5 Å². The van der Waals surface area contributed by atoms with Gasteiger partial charge in [0, 0.05) is 77.7 Å². The highest BCUT2D eigenvalue weighted by atomic mass is 35.7. The van der Waals surface area contributed by atoms with Gasteiger partial charge in [-0.1, -0.05) is 121 Å². The van der Waals surface area contributed by atoms with Crippen molar-refractivity contribution in [2.24, 2.45) is 0 Å². The van der Waals surface area contributed by atoms with Crippen molar-refractivity contribution < 1.29 is 90.6 Å². The lowest BCUT2D eigenvalue weighted by atomic mass is 9.99. The number of phenols is 1. The van der Waals surface area contributed by atoms with Crippen molar-refractivity contribution in [2.45, 2.75) is 32.3 Å². The SMILES string of the molecule is O=C1c2c(c(OS(=O)(=O)CCN3C(=O)c4ccccc4C3=O)c3cccnc3c2O)CN1Cc1ccc(F)cc1.O=C1c2c(c(OS(=O)(=O)CCN3C(=O)c4ccccc4C3=O)c3cccnc3c2OC(c2ccccc2)c2ccccc2)CN1Cc1ccc(F)cc1.O=C1c2ccccc2C(=O)N1CCS(=O)(=O)Cl. The van der Waals surface area contributed by atoms with Crippen molar-refractivity contribution in [3.05, 3.63) is 308 Å². The molecule has 31 heteroatoms. The van der Waals surface area contributed by atoms with Gasteiger partial charge in [0.25, 0.3) is 47.3 Å². The van der Waals surface area contributed by atoms with Gasteiger partial charge >= 0.3 is 20.2 Å². The highest BCUT2D eigenvalue weighted by molar-refractivity contribution is 8.13. The van der Waals surface area contributed by atoms with E-state index >= 15 is 0 Å². The minimum atomic E-state index is -4.48. The molecule has 0 radical (unpaired) electrons. The Morgan fingerprint density at radius 3 is 1.12 bits per heavy atom. The summed E-state index contributed by atoms with van der Waals surface area (Å²) in [5, 5.41) is 11.4. The molecule has 110 heavy (non-hydrogen) atoms. The monoisotopic (exact) mass is 1560 g/mol. The Morgan fingerprint density at radius 1 is 0.400 bits per heavy atom. The van der Waals surface area contributed by atoms with Crippen LogP contribution >= 0.6 is 10.7 Å². The predicted molar refractivity (Wildman–Crippen MR) is 394 cm³/mol. The largest absolute Gasteiger partial charge is 0.505 e. The van der Waals surface area contributed by atoms with Crippen LogP contribution in [0.1, 0.15) is 122 Å². The summed E-state index contributed by atoms with van der Waals surface area (Å²) in [6, 6.07) is 55.4. The second kappa shape index (κ2) is 30.2. The molecule has 0 atom stereocenters. The zero-order chi connectivity index (χ0) is 77.5. The van der Waals surface area contributed by atoms with Crippen molar-refractivity contribution in [2.75, 3.05) is 36.9 Å². The van der Waals surface area contributed by atoms with Gasteiger partial charge in [0.2, 0.25) is 9.05 Å². The Morgan fingerprint density at radius 2 is 0.736 bits per heavy atom. The molecule has 5 aliphatic heterocycles. The van der Waals surface area contributed by atoms with Gasteiger partial charge in [-0.05, 0) is 107 Å². The van der Waals surface area contributed by atoms with E-state index in [1.165, 1.54) is 107 Å². The van der Waals surface area contributed by atoms with Crippen LogP contribution in [0.4, 0.5) is 8.78 Å². The molecule has 0 fully saturated rings. The van der Waals surface area contributed by atoms with E-state index in [4.69, 9.17) is 23.8 Å². The topological polar surface area (TPSA) is 329 Å². The van der Waals surface area contributed by atoms with Gasteiger partial charge in [0.1, 0.15) is 40.3 Å². The lowest BCUT2D eigenvalue weighted by Gasteiger charge is -2.23. The summed E-state index contributed by atoms with van der Waals surface area (Å²) in [7, 11) is -7.56. The van der Waals surface area contributed by atoms with Crippen LogP contribution in [0.5, 0.6) is 23.0 Å². The fourth-order valence-corrected chi connectivity index (χ4v) is 15.8. The maximum Gasteiger partial charge on any atom is 0.310 e. The van der Waals surface area contributed by atoms with Crippen LogP contribution in [0, 0.1) is 11.6 Å². The van der Waals surface area contributed by atoms with Gasteiger partial charge in [-0.15, -0.1) is 0 Å². The van der Waals surface area contributed by atoms with E-state index in [1.54, 1.807) is 60.7 Å². The first-order valence-corrected chi connectivity index (χ1v) is 39.4. The van der Waals surface area contributed by atoms with Gasteiger partial charge in [-0.3, -0.25) is 63.0 Å². The molecule has 25 nitrogen and oxygen atoms in total. The number of benzene rings is 9. The van der Waals surface area contributed by atoms with Crippen LogP contribution in [-0.4, -0.2) is 149 Å². The summed E-state index contributed by atoms with van der Waals surface area (Å²) in [6.07, 6.45) is 2.21. The summed E-state index contributed by atoms with van der Waals surface area (Å²) >= 11 is 0. The Hall–Kier alpha value is -12.6. The first-order chi connectivity index (χ1) is 52.7. The lowest BCUT2D eigenvalue weighted by Crippen LogP contribution is -2.35. The number of nitrogens with zero attached hydrogens (tertiary/aromatic N) is 7. The van der Waals surface area contributed by atoms with Gasteiger partial charge < -0.3 is 28.0 Å². The summed E-state index contributed by atoms with van der Waals surface area (Å²) in [5.74, 6) is -7.62. The average Bonchev–Trinajstić information content (AvgIpc) is 1.52. The van der Waals surface area contributed by atoms with E-state index < -0.39 is 130 Å². The molecule has 7 heterocycles. The zero-order valence-electron chi connectivity index (χ0n) is 57.3. The number of carbonyl (C=O) groups is 8. The number of aromatic hydroxyl groups is 1. The van der Waals surface area contributed by atoms with Crippen LogP contribution < -0.4 is 13.1 Å². The van der Waals surface area contributed by atoms with Crippen molar-refractivity contribution in [3.8, 4) is 23.0 Å². The molecule has 11 aromatic rings. The van der Waals surface area contributed by atoms with Crippen LogP contribution in [0.3, 0.4) is 0 Å². The van der Waals surface area contributed by atoms with Crippen molar-refractivity contribution >= 4 is 109 Å². The maximum absolute atomic E-state index is 14.4. The van der Waals surface area contributed by atoms with Gasteiger partial charge in [-0.2, -0.15) is 16.8 Å². The Bertz CT molecular complexity index is 5870. The van der Waals surface area contributed by atoms with E-state index in [-0.39, 0.29) is 116 Å². The Balaban J connectivity index is 0.000000155. The second-order valence-electron chi connectivity index (χ2n) is 25.6. The normalized spacial score (nSPS) is 14.4. The third kappa shape index (κ3) is 14.9. The molecule has 0 spiro atoms. The highest BCUT2D eigenvalue weighted by Crippen LogP contribution is 2.48. The van der Waals surface area contributed by atoms with Gasteiger partial charge in [0.15, 0.2) is 23.0 Å². The van der Waals surface area contributed by atoms with E-state index in [0.29, 0.717) is 22.3 Å². The van der Waals surface area contributed by atoms with Crippen LogP contribution in [0.2, 0.25) is 0 Å². The number of aromatic nitrogens is 2. The fraction of sp³-hybridized carbons (Fsp3) is 0.139. The minimum absolute atomic E-state index is 0.0243. The number of imide groups is 3. The molecule has 16 rings (SSSR count). The molecule has 0 aliphatic carbocycles. The molecule has 9 aromatic carbocycles. The number of rotatable bonds is 21. The third-order valence-corrected chi connectivity index (χ3v) is 22.0. The van der Waals surface area contributed by atoms with E-state index in [9.17, 15) is 77.5 Å². The standard InChI is InChI=1S/C41H30FN3O7S.C28H20FN3O7S.C10H8ClNO4S/c42-29-19-17-26(18-20-29)24-44-25-33-34(41(44)48)38(51-36(27-10-3-1-4-11-27)28-12-5-2-6-13-28)35-32(16-9-21-43-35)37(33)52-53(49,50)23-22-45-39(46)30-14-7-8-15-31(30)40(45)47;29-17-9-7-16(8-10-17)14-31-15-21-22(28(31)36)24(33)23-20(6-3-11-30-23)25(21)39-40(37,38)13-12-32-26(34)18-4-1-2-5-19(18)27(32)35;11-17(15,16)6-5-12-9(13)7-3-1-2-4-8(7)10(12)14/h1-21,36H,22-25H2;1-11,33H,12-15H2;1-4H,5-6H2. The first kappa shape index (κ1) is 74.2. The Kier molecular flexibility index (Phi) is 20.4. The van der Waals surface area contributed by atoms with Crippen LogP contribution in [0.15, 0.2) is 219 Å². The third-order valence-electron chi connectivity index (χ3n) is 18.6. The number of halogens is 3. The number of hydrogen-bond donors (Lipinski definition) is 1. The summed E-state index contributed by atoms with van der Waals surface area (Å²) in [5.41, 5.74) is 4.80. The average molecular weight is 1560 g/mol. The number of phenolic OH excluding ortho intramolecular Hbond substituents is 1. The number of carbonyl (C=O) groups excluding carboxylic acids is 8. The molecule has 0 saturated carbocycles. The predicted octanol–water partition coefficient (Wildman–Crippen LogP) is 10.8. The minimum Gasteiger partial charge on any atom is -0.505 e. The highest BCUT2D eigenvalue weighted by Gasteiger charge is 2.43. The Labute approximate surface area is 630 Å². The van der Waals surface area contributed by atoms with Crippen molar-refractivity contribution in [3.63, 3.8) is 0 Å². The summed E-state index contributed by atoms with van der Waals surface area (Å²) < 4.78 is 121. The smallest absolute Gasteiger partial charge is 0.310 e. The van der Waals surface area contributed by atoms with Crippen LogP contribution in [0.25, 0.3) is 21.8 Å². The van der Waals surface area contributed by atoms with Gasteiger partial charge in [0.05, 0.1) is 63.3 Å². The molecule has 5 aliphatic rings. The lowest BCUT2D eigenvalue weighted by molar-refractivity contribution is 0.0647.